The van der Waals surface area contributed by atoms with E-state index in [1.165, 1.54) is 23.1 Å². The van der Waals surface area contributed by atoms with Crippen molar-refractivity contribution >= 4 is 22.6 Å². The number of hydrogen-bond acceptors (Lipinski definition) is 4. The lowest BCUT2D eigenvalue weighted by Gasteiger charge is -2.30. The molecular weight excluding hydrogens is 399 g/mol. The van der Waals surface area contributed by atoms with Crippen molar-refractivity contribution in [3.63, 3.8) is 0 Å². The van der Waals surface area contributed by atoms with Crippen molar-refractivity contribution in [3.05, 3.63) is 70.5 Å². The molecular formula is C23H27FN4O3. The van der Waals surface area contributed by atoms with Crippen LogP contribution in [0.4, 0.5) is 14.9 Å². The SMILES string of the molecule is CCCn1c(C(C)N(CCOC)C(=O)Nc2cccc(F)c2)nc2ccccc2c1=O. The molecule has 0 saturated carbocycles. The van der Waals surface area contributed by atoms with Gasteiger partial charge in [0.15, 0.2) is 0 Å². The van der Waals surface area contributed by atoms with Crippen LogP contribution in [0.5, 0.6) is 0 Å². The predicted octanol–water partition coefficient (Wildman–Crippen LogP) is 4.19. The molecule has 1 heterocycles. The van der Waals surface area contributed by atoms with Gasteiger partial charge in [0.25, 0.3) is 5.56 Å². The van der Waals surface area contributed by atoms with Crippen molar-refractivity contribution in [2.75, 3.05) is 25.6 Å². The molecule has 0 radical (unpaired) electrons. The molecule has 0 bridgehead atoms. The summed E-state index contributed by atoms with van der Waals surface area (Å²) in [6.45, 7) is 4.86. The Morgan fingerprint density at radius 3 is 2.74 bits per heavy atom. The van der Waals surface area contributed by atoms with E-state index in [0.29, 0.717) is 35.6 Å². The van der Waals surface area contributed by atoms with E-state index in [2.05, 4.69) is 5.32 Å². The normalized spacial score (nSPS) is 12.0. The molecule has 0 aliphatic carbocycles. The highest BCUT2D eigenvalue weighted by atomic mass is 19.1. The number of urea groups is 1. The summed E-state index contributed by atoms with van der Waals surface area (Å²) >= 11 is 0. The number of amides is 2. The molecule has 2 aromatic carbocycles. The molecule has 0 aliphatic rings. The van der Waals surface area contributed by atoms with Gasteiger partial charge in [-0.1, -0.05) is 25.1 Å². The zero-order valence-electron chi connectivity index (χ0n) is 18.0. The summed E-state index contributed by atoms with van der Waals surface area (Å²) in [5.41, 5.74) is 0.794. The maximum atomic E-state index is 13.5. The van der Waals surface area contributed by atoms with Crippen LogP contribution in [0, 0.1) is 5.82 Å². The Bertz CT molecular complexity index is 1120. The average Bonchev–Trinajstić information content (AvgIpc) is 2.76. The second-order valence-corrected chi connectivity index (χ2v) is 7.25. The summed E-state index contributed by atoms with van der Waals surface area (Å²) in [6.07, 6.45) is 0.743. The number of ether oxygens (including phenoxy) is 1. The molecule has 0 fully saturated rings. The van der Waals surface area contributed by atoms with Crippen LogP contribution < -0.4 is 10.9 Å². The Kier molecular flexibility index (Phi) is 7.36. The van der Waals surface area contributed by atoms with Gasteiger partial charge in [-0.25, -0.2) is 14.2 Å². The van der Waals surface area contributed by atoms with Gasteiger partial charge in [-0.3, -0.25) is 9.36 Å². The van der Waals surface area contributed by atoms with Gasteiger partial charge in [0.05, 0.1) is 23.6 Å². The Labute approximate surface area is 180 Å². The van der Waals surface area contributed by atoms with Crippen molar-refractivity contribution < 1.29 is 13.9 Å². The zero-order chi connectivity index (χ0) is 22.4. The number of methoxy groups -OCH3 is 1. The van der Waals surface area contributed by atoms with Gasteiger partial charge in [0.1, 0.15) is 11.6 Å². The number of hydrogen-bond donors (Lipinski definition) is 1. The number of aromatic nitrogens is 2. The van der Waals surface area contributed by atoms with Gasteiger partial charge in [-0.05, 0) is 43.7 Å². The summed E-state index contributed by atoms with van der Waals surface area (Å²) in [5.74, 6) is 0.0540. The fourth-order valence-corrected chi connectivity index (χ4v) is 3.51. The number of nitrogens with one attached hydrogen (secondary N) is 1. The molecule has 1 aromatic heterocycles. The van der Waals surface area contributed by atoms with Crippen molar-refractivity contribution in [2.45, 2.75) is 32.9 Å². The number of carbonyl (C=O) groups excluding carboxylic acids is 1. The first-order chi connectivity index (χ1) is 15.0. The van der Waals surface area contributed by atoms with E-state index in [9.17, 15) is 14.0 Å². The number of para-hydroxylation sites is 1. The predicted molar refractivity (Wildman–Crippen MR) is 119 cm³/mol. The standard InChI is InChI=1S/C23H27FN4O3/c1-4-12-28-21(26-20-11-6-5-10-19(20)22(28)29)16(2)27(13-14-31-3)23(30)25-18-9-7-8-17(24)15-18/h5-11,15-16H,4,12-14H2,1-3H3,(H,25,30). The third-order valence-electron chi connectivity index (χ3n) is 5.05. The summed E-state index contributed by atoms with van der Waals surface area (Å²) < 4.78 is 20.3. The molecule has 0 spiro atoms. The highest BCUT2D eigenvalue weighted by molar-refractivity contribution is 5.89. The van der Waals surface area contributed by atoms with E-state index in [1.54, 1.807) is 29.9 Å². The second kappa shape index (κ2) is 10.2. The first kappa shape index (κ1) is 22.4. The highest BCUT2D eigenvalue weighted by Crippen LogP contribution is 2.22. The molecule has 8 heteroatoms. The number of benzene rings is 2. The van der Waals surface area contributed by atoms with Crippen molar-refractivity contribution in [1.29, 1.82) is 0 Å². The number of halogens is 1. The first-order valence-corrected chi connectivity index (χ1v) is 10.3. The maximum absolute atomic E-state index is 13.5. The van der Waals surface area contributed by atoms with Crippen LogP contribution in [0.25, 0.3) is 10.9 Å². The zero-order valence-corrected chi connectivity index (χ0v) is 18.0. The number of carbonyl (C=O) groups is 1. The third kappa shape index (κ3) is 5.08. The molecule has 3 aromatic rings. The minimum Gasteiger partial charge on any atom is -0.383 e. The van der Waals surface area contributed by atoms with E-state index in [1.807, 2.05) is 26.0 Å². The van der Waals surface area contributed by atoms with Crippen LogP contribution in [0.2, 0.25) is 0 Å². The number of nitrogens with zero attached hydrogens (tertiary/aromatic N) is 3. The second-order valence-electron chi connectivity index (χ2n) is 7.25. The monoisotopic (exact) mass is 426 g/mol. The van der Waals surface area contributed by atoms with Gasteiger partial charge < -0.3 is 15.0 Å². The fraction of sp³-hybridized carbons (Fsp3) is 0.348. The largest absolute Gasteiger partial charge is 0.383 e. The molecule has 1 N–H and O–H groups in total. The summed E-state index contributed by atoms with van der Waals surface area (Å²) in [5, 5.41) is 3.26. The van der Waals surface area contributed by atoms with E-state index >= 15 is 0 Å². The van der Waals surface area contributed by atoms with Gasteiger partial charge in [-0.15, -0.1) is 0 Å². The topological polar surface area (TPSA) is 76.5 Å². The van der Waals surface area contributed by atoms with Crippen molar-refractivity contribution in [2.24, 2.45) is 0 Å². The van der Waals surface area contributed by atoms with Crippen LogP contribution in [0.3, 0.4) is 0 Å². The van der Waals surface area contributed by atoms with Crippen molar-refractivity contribution in [3.8, 4) is 0 Å². The molecule has 31 heavy (non-hydrogen) atoms. The molecule has 1 unspecified atom stereocenters. The van der Waals surface area contributed by atoms with Gasteiger partial charge in [0, 0.05) is 25.9 Å². The minimum absolute atomic E-state index is 0.133. The lowest BCUT2D eigenvalue weighted by molar-refractivity contribution is 0.136. The lowest BCUT2D eigenvalue weighted by Crippen LogP contribution is -2.41. The van der Waals surface area contributed by atoms with Crippen LogP contribution in [0.1, 0.15) is 32.1 Å². The average molecular weight is 426 g/mol. The summed E-state index contributed by atoms with van der Waals surface area (Å²) in [4.78, 5) is 32.5. The van der Waals surface area contributed by atoms with Crippen molar-refractivity contribution in [1.82, 2.24) is 14.5 Å². The molecule has 7 nitrogen and oxygen atoms in total. The number of fused-ring (bicyclic) bond motifs is 1. The highest BCUT2D eigenvalue weighted by Gasteiger charge is 2.26. The number of rotatable bonds is 8. The lowest BCUT2D eigenvalue weighted by atomic mass is 10.2. The maximum Gasteiger partial charge on any atom is 0.322 e. The van der Waals surface area contributed by atoms with Gasteiger partial charge >= 0.3 is 6.03 Å². The van der Waals surface area contributed by atoms with Gasteiger partial charge in [-0.2, -0.15) is 0 Å². The summed E-state index contributed by atoms with van der Waals surface area (Å²) in [7, 11) is 1.55. The van der Waals surface area contributed by atoms with E-state index in [0.717, 1.165) is 6.42 Å². The van der Waals surface area contributed by atoms with Crippen LogP contribution in [-0.4, -0.2) is 40.7 Å². The Balaban J connectivity index is 2.01. The Morgan fingerprint density at radius 2 is 2.03 bits per heavy atom. The van der Waals surface area contributed by atoms with Crippen LogP contribution >= 0.6 is 0 Å². The molecule has 2 amide bonds. The molecule has 0 saturated heterocycles. The van der Waals surface area contributed by atoms with Crippen LogP contribution in [0.15, 0.2) is 53.3 Å². The minimum atomic E-state index is -0.521. The third-order valence-corrected chi connectivity index (χ3v) is 5.05. The fourth-order valence-electron chi connectivity index (χ4n) is 3.51. The smallest absolute Gasteiger partial charge is 0.322 e. The number of anilines is 1. The van der Waals surface area contributed by atoms with E-state index in [-0.39, 0.29) is 12.1 Å². The Morgan fingerprint density at radius 1 is 1.26 bits per heavy atom. The molecule has 1 atom stereocenters. The molecule has 0 aliphatic heterocycles. The molecule has 3 rings (SSSR count). The van der Waals surface area contributed by atoms with E-state index < -0.39 is 17.9 Å². The van der Waals surface area contributed by atoms with E-state index in [4.69, 9.17) is 9.72 Å². The quantitative estimate of drug-likeness (QED) is 0.586. The Hall–Kier alpha value is -3.26. The summed E-state index contributed by atoms with van der Waals surface area (Å²) in [6, 6.07) is 11.9. The first-order valence-electron chi connectivity index (χ1n) is 10.3. The van der Waals surface area contributed by atoms with Gasteiger partial charge in [0.2, 0.25) is 0 Å². The molecule has 164 valence electrons. The van der Waals surface area contributed by atoms with Crippen LogP contribution in [-0.2, 0) is 11.3 Å².